The minimum absolute atomic E-state index is 0.549. The number of rotatable bonds is 9. The second-order valence-corrected chi connectivity index (χ2v) is 4.96. The molecule has 0 heterocycles. The fourth-order valence-electron chi connectivity index (χ4n) is 1.65. The van der Waals surface area contributed by atoms with Crippen LogP contribution in [0.15, 0.2) is 12.2 Å². The summed E-state index contributed by atoms with van der Waals surface area (Å²) in [6.07, 6.45) is 2.68. The Bertz CT molecular complexity index is 212. The number of ether oxygens (including phenoxy) is 1. The van der Waals surface area contributed by atoms with Gasteiger partial charge in [0.05, 0.1) is 6.61 Å². The van der Waals surface area contributed by atoms with Crippen LogP contribution in [0.3, 0.4) is 0 Å². The third kappa shape index (κ3) is 5.64. The van der Waals surface area contributed by atoms with Crippen molar-refractivity contribution in [1.82, 2.24) is 10.2 Å². The molecule has 0 atom stereocenters. The Labute approximate surface area is 99.8 Å². The number of methoxy groups -OCH3 is 1. The lowest BCUT2D eigenvalue weighted by Crippen LogP contribution is -2.37. The van der Waals surface area contributed by atoms with Crippen LogP contribution in [0.1, 0.15) is 26.7 Å². The largest absolute Gasteiger partial charge is 0.383 e. The average Bonchev–Trinajstić information content (AvgIpc) is 3.04. The molecule has 0 amide bonds. The molecule has 1 rings (SSSR count). The van der Waals surface area contributed by atoms with Gasteiger partial charge < -0.3 is 10.1 Å². The van der Waals surface area contributed by atoms with E-state index in [1.165, 1.54) is 18.4 Å². The minimum Gasteiger partial charge on any atom is -0.383 e. The smallest absolute Gasteiger partial charge is 0.0589 e. The third-order valence-corrected chi connectivity index (χ3v) is 2.96. The van der Waals surface area contributed by atoms with E-state index in [1.807, 2.05) is 0 Å². The molecular weight excluding hydrogens is 200 g/mol. The van der Waals surface area contributed by atoms with Gasteiger partial charge in [-0.3, -0.25) is 4.90 Å². The summed E-state index contributed by atoms with van der Waals surface area (Å²) in [5.74, 6) is 0. The molecule has 0 radical (unpaired) electrons. The predicted octanol–water partition coefficient (Wildman–Crippen LogP) is 1.65. The highest BCUT2D eigenvalue weighted by atomic mass is 16.5. The fraction of sp³-hybridized carbons (Fsp3) is 0.846. The Balaban J connectivity index is 2.19. The van der Waals surface area contributed by atoms with Crippen LogP contribution in [-0.4, -0.2) is 50.3 Å². The standard InChI is InChI=1S/C13H26N2O/c1-11(2)15(7-8-16-4)10-12(3)9-14-13-5-6-13/h11,13-14H,3,5-10H2,1-2,4H3. The SMILES string of the molecule is C=C(CNC1CC1)CN(CCOC)C(C)C. The van der Waals surface area contributed by atoms with E-state index in [2.05, 4.69) is 30.6 Å². The zero-order valence-corrected chi connectivity index (χ0v) is 11.0. The molecule has 0 aliphatic heterocycles. The Hall–Kier alpha value is -0.380. The fourth-order valence-corrected chi connectivity index (χ4v) is 1.65. The molecule has 1 fully saturated rings. The van der Waals surface area contributed by atoms with Crippen molar-refractivity contribution < 1.29 is 4.74 Å². The van der Waals surface area contributed by atoms with Crippen molar-refractivity contribution >= 4 is 0 Å². The molecule has 1 N–H and O–H groups in total. The van der Waals surface area contributed by atoms with Crippen molar-refractivity contribution in [2.45, 2.75) is 38.8 Å². The molecule has 0 aromatic rings. The van der Waals surface area contributed by atoms with Crippen molar-refractivity contribution in [3.63, 3.8) is 0 Å². The second kappa shape index (κ2) is 7.05. The topological polar surface area (TPSA) is 24.5 Å². The molecule has 94 valence electrons. The normalized spacial score (nSPS) is 16.1. The van der Waals surface area contributed by atoms with Crippen LogP contribution in [-0.2, 0) is 4.74 Å². The molecule has 0 aromatic carbocycles. The molecule has 0 spiro atoms. The summed E-state index contributed by atoms with van der Waals surface area (Å²) in [7, 11) is 1.75. The van der Waals surface area contributed by atoms with Gasteiger partial charge in [-0.15, -0.1) is 0 Å². The van der Waals surface area contributed by atoms with E-state index in [0.717, 1.165) is 32.3 Å². The van der Waals surface area contributed by atoms with Gasteiger partial charge in [0, 0.05) is 38.8 Å². The number of nitrogens with zero attached hydrogens (tertiary/aromatic N) is 1. The molecular formula is C13H26N2O. The van der Waals surface area contributed by atoms with E-state index in [1.54, 1.807) is 7.11 Å². The second-order valence-electron chi connectivity index (χ2n) is 4.96. The van der Waals surface area contributed by atoms with Gasteiger partial charge >= 0.3 is 0 Å². The first-order valence-electron chi connectivity index (χ1n) is 6.26. The van der Waals surface area contributed by atoms with Crippen molar-refractivity contribution in [3.8, 4) is 0 Å². The molecule has 16 heavy (non-hydrogen) atoms. The van der Waals surface area contributed by atoms with Crippen LogP contribution in [0.25, 0.3) is 0 Å². The molecule has 0 bridgehead atoms. The zero-order valence-electron chi connectivity index (χ0n) is 11.0. The van der Waals surface area contributed by atoms with Gasteiger partial charge in [0.25, 0.3) is 0 Å². The summed E-state index contributed by atoms with van der Waals surface area (Å²) >= 11 is 0. The van der Waals surface area contributed by atoms with Crippen LogP contribution in [0.4, 0.5) is 0 Å². The average molecular weight is 226 g/mol. The first-order valence-corrected chi connectivity index (χ1v) is 6.26. The van der Waals surface area contributed by atoms with Crippen LogP contribution >= 0.6 is 0 Å². The minimum atomic E-state index is 0.549. The highest BCUT2D eigenvalue weighted by molar-refractivity contribution is 5.02. The Morgan fingerprint density at radius 3 is 2.69 bits per heavy atom. The van der Waals surface area contributed by atoms with Crippen molar-refractivity contribution in [2.24, 2.45) is 0 Å². The first-order chi connectivity index (χ1) is 7.63. The van der Waals surface area contributed by atoms with E-state index in [9.17, 15) is 0 Å². The quantitative estimate of drug-likeness (QED) is 0.605. The lowest BCUT2D eigenvalue weighted by Gasteiger charge is -2.27. The molecule has 3 heteroatoms. The summed E-state index contributed by atoms with van der Waals surface area (Å²) in [4.78, 5) is 2.40. The number of nitrogens with one attached hydrogen (secondary N) is 1. The zero-order chi connectivity index (χ0) is 12.0. The van der Waals surface area contributed by atoms with E-state index in [0.29, 0.717) is 6.04 Å². The number of hydrogen-bond acceptors (Lipinski definition) is 3. The molecule has 0 saturated heterocycles. The Morgan fingerprint density at radius 2 is 2.19 bits per heavy atom. The van der Waals surface area contributed by atoms with Gasteiger partial charge in [-0.2, -0.15) is 0 Å². The first kappa shape index (κ1) is 13.7. The Morgan fingerprint density at radius 1 is 1.50 bits per heavy atom. The lowest BCUT2D eigenvalue weighted by molar-refractivity contribution is 0.136. The lowest BCUT2D eigenvalue weighted by atomic mass is 10.2. The highest BCUT2D eigenvalue weighted by Gasteiger charge is 2.20. The van der Waals surface area contributed by atoms with Gasteiger partial charge in [0.2, 0.25) is 0 Å². The highest BCUT2D eigenvalue weighted by Crippen LogP contribution is 2.18. The summed E-state index contributed by atoms with van der Waals surface area (Å²) < 4.78 is 5.13. The maximum Gasteiger partial charge on any atom is 0.0589 e. The Kier molecular flexibility index (Phi) is 6.03. The summed E-state index contributed by atoms with van der Waals surface area (Å²) in [6, 6.07) is 1.32. The van der Waals surface area contributed by atoms with Crippen LogP contribution in [0.2, 0.25) is 0 Å². The van der Waals surface area contributed by atoms with Gasteiger partial charge in [-0.1, -0.05) is 6.58 Å². The molecule has 1 saturated carbocycles. The molecule has 3 nitrogen and oxygen atoms in total. The van der Waals surface area contributed by atoms with Crippen molar-refractivity contribution in [2.75, 3.05) is 33.4 Å². The maximum absolute atomic E-state index is 5.13. The van der Waals surface area contributed by atoms with E-state index >= 15 is 0 Å². The van der Waals surface area contributed by atoms with Crippen LogP contribution < -0.4 is 5.32 Å². The third-order valence-electron chi connectivity index (χ3n) is 2.96. The van der Waals surface area contributed by atoms with Gasteiger partial charge in [-0.05, 0) is 32.3 Å². The van der Waals surface area contributed by atoms with E-state index in [-0.39, 0.29) is 0 Å². The summed E-state index contributed by atoms with van der Waals surface area (Å²) in [5.41, 5.74) is 1.27. The molecule has 0 aromatic heterocycles. The van der Waals surface area contributed by atoms with Crippen molar-refractivity contribution in [3.05, 3.63) is 12.2 Å². The van der Waals surface area contributed by atoms with Gasteiger partial charge in [0.1, 0.15) is 0 Å². The molecule has 0 unspecified atom stereocenters. The number of hydrogen-bond donors (Lipinski definition) is 1. The van der Waals surface area contributed by atoms with Crippen LogP contribution in [0, 0.1) is 0 Å². The monoisotopic (exact) mass is 226 g/mol. The van der Waals surface area contributed by atoms with E-state index in [4.69, 9.17) is 4.74 Å². The summed E-state index contributed by atoms with van der Waals surface area (Å²) in [6.45, 7) is 12.3. The predicted molar refractivity (Wildman–Crippen MR) is 68.7 cm³/mol. The summed E-state index contributed by atoms with van der Waals surface area (Å²) in [5, 5.41) is 3.50. The van der Waals surface area contributed by atoms with Gasteiger partial charge in [-0.25, -0.2) is 0 Å². The molecule has 1 aliphatic carbocycles. The maximum atomic E-state index is 5.13. The van der Waals surface area contributed by atoms with Crippen LogP contribution in [0.5, 0.6) is 0 Å². The van der Waals surface area contributed by atoms with E-state index < -0.39 is 0 Å². The van der Waals surface area contributed by atoms with Gasteiger partial charge in [0.15, 0.2) is 0 Å². The molecule has 1 aliphatic rings. The van der Waals surface area contributed by atoms with Crippen molar-refractivity contribution in [1.29, 1.82) is 0 Å².